The van der Waals surface area contributed by atoms with E-state index < -0.39 is 41.3 Å². The van der Waals surface area contributed by atoms with E-state index >= 15 is 0 Å². The van der Waals surface area contributed by atoms with Crippen LogP contribution in [0.4, 0.5) is 0 Å². The number of hydrogen-bond acceptors (Lipinski definition) is 6. The lowest BCUT2D eigenvalue weighted by Gasteiger charge is -2.28. The van der Waals surface area contributed by atoms with E-state index in [1.165, 1.54) is 0 Å². The molecule has 0 fully saturated rings. The molecule has 0 unspecified atom stereocenters. The molecule has 0 aliphatic carbocycles. The molecule has 0 aromatic heterocycles. The second-order valence-electron chi connectivity index (χ2n) is 8.93. The van der Waals surface area contributed by atoms with Crippen LogP contribution in [0.25, 0.3) is 0 Å². The summed E-state index contributed by atoms with van der Waals surface area (Å²) in [6, 6.07) is 13.3. The minimum Gasteiger partial charge on any atom is -0.466 e. The van der Waals surface area contributed by atoms with Crippen LogP contribution in [0.1, 0.15) is 51.7 Å². The van der Waals surface area contributed by atoms with Crippen LogP contribution in [-0.2, 0) is 40.5 Å². The van der Waals surface area contributed by atoms with E-state index in [0.29, 0.717) is 15.9 Å². The number of nitrogens with one attached hydrogen (secondary N) is 2. The van der Waals surface area contributed by atoms with Gasteiger partial charge in [0, 0.05) is 17.9 Å². The van der Waals surface area contributed by atoms with E-state index in [0.717, 1.165) is 5.56 Å². The maximum Gasteiger partial charge on any atom is 0.328 e. The Balaban J connectivity index is 2.34. The number of halogens is 1. The highest BCUT2D eigenvalue weighted by Crippen LogP contribution is 2.25. The van der Waals surface area contributed by atoms with Crippen LogP contribution in [0, 0.1) is 0 Å². The largest absolute Gasteiger partial charge is 0.466 e. The van der Waals surface area contributed by atoms with Gasteiger partial charge in [-0.25, -0.2) is 4.79 Å². The van der Waals surface area contributed by atoms with Crippen molar-refractivity contribution in [2.75, 3.05) is 13.2 Å². The highest BCUT2D eigenvalue weighted by atomic mass is 35.5. The Morgan fingerprint density at radius 1 is 0.946 bits per heavy atom. The van der Waals surface area contributed by atoms with Crippen LogP contribution in [0.15, 0.2) is 54.6 Å². The number of benzene rings is 2. The van der Waals surface area contributed by atoms with Gasteiger partial charge in [0.05, 0.1) is 18.6 Å². The highest BCUT2D eigenvalue weighted by molar-refractivity contribution is 6.30. The number of esters is 2. The van der Waals surface area contributed by atoms with E-state index in [1.807, 2.05) is 6.07 Å². The fourth-order valence-corrected chi connectivity index (χ4v) is 3.71. The van der Waals surface area contributed by atoms with E-state index in [1.54, 1.807) is 76.2 Å². The molecule has 2 rings (SSSR count). The van der Waals surface area contributed by atoms with Gasteiger partial charge in [0.2, 0.25) is 11.8 Å². The number of carbonyl (C=O) groups excluding carboxylic acids is 4. The van der Waals surface area contributed by atoms with Gasteiger partial charge < -0.3 is 20.1 Å². The Labute approximate surface area is 224 Å². The fourth-order valence-electron chi connectivity index (χ4n) is 3.58. The lowest BCUT2D eigenvalue weighted by molar-refractivity contribution is -0.149. The van der Waals surface area contributed by atoms with Gasteiger partial charge in [0.1, 0.15) is 12.1 Å². The molecule has 2 N–H and O–H groups in total. The number of amides is 2. The van der Waals surface area contributed by atoms with E-state index in [2.05, 4.69) is 5.32 Å². The van der Waals surface area contributed by atoms with Crippen molar-refractivity contribution in [3.8, 4) is 0 Å². The summed E-state index contributed by atoms with van der Waals surface area (Å²) in [6.07, 6.45) is -0.135. The average Bonchev–Trinajstić information content (AvgIpc) is 2.89. The summed E-state index contributed by atoms with van der Waals surface area (Å²) in [4.78, 5) is 51.5. The predicted molar refractivity (Wildman–Crippen MR) is 141 cm³/mol. The van der Waals surface area contributed by atoms with E-state index in [4.69, 9.17) is 22.5 Å². The van der Waals surface area contributed by atoms with Crippen LogP contribution < -0.4 is 10.6 Å². The van der Waals surface area contributed by atoms with Crippen LogP contribution >= 0.6 is 11.6 Å². The Hall–Kier alpha value is -3.39. The minimum absolute atomic E-state index is 0.0338. The van der Waals surface area contributed by atoms with Crippen molar-refractivity contribution < 1.29 is 30.1 Å². The second-order valence-corrected chi connectivity index (χ2v) is 9.37. The minimum atomic E-state index is -1.27. The van der Waals surface area contributed by atoms with Gasteiger partial charge >= 0.3 is 11.9 Å². The summed E-state index contributed by atoms with van der Waals surface area (Å²) in [6.45, 7) is 6.90. The first kappa shape index (κ1) is 28.2. The number of hydrogen-bond donors (Lipinski definition) is 2. The molecule has 2 aromatic carbocycles. The van der Waals surface area contributed by atoms with Crippen molar-refractivity contribution >= 4 is 35.4 Å². The van der Waals surface area contributed by atoms with Crippen LogP contribution in [0.2, 0.25) is 6.43 Å². The lowest BCUT2D eigenvalue weighted by Crippen LogP contribution is -2.55. The molecule has 0 aliphatic rings. The molecule has 0 saturated heterocycles. The first-order valence-electron chi connectivity index (χ1n) is 12.7. The number of ether oxygens (including phenoxy) is 2. The molecular formula is C28H35ClN2O6. The molecule has 0 radical (unpaired) electrons. The van der Waals surface area contributed by atoms with Gasteiger partial charge in [0.25, 0.3) is 0 Å². The zero-order chi connectivity index (χ0) is 28.3. The van der Waals surface area contributed by atoms with Gasteiger partial charge in [-0.15, -0.1) is 0 Å². The van der Waals surface area contributed by atoms with Gasteiger partial charge in [-0.05, 0) is 57.4 Å². The molecule has 37 heavy (non-hydrogen) atoms. The quantitative estimate of drug-likeness (QED) is 0.381. The molecule has 2 amide bonds. The molecular weight excluding hydrogens is 496 g/mol. The molecule has 200 valence electrons. The zero-order valence-electron chi connectivity index (χ0n) is 22.7. The summed E-state index contributed by atoms with van der Waals surface area (Å²) in [5.74, 6) is -2.56. The number of carbonyl (C=O) groups is 4. The zero-order valence-corrected chi connectivity index (χ0v) is 22.4. The average molecular weight is 532 g/mol. The van der Waals surface area contributed by atoms with Gasteiger partial charge in [0.15, 0.2) is 1.41 Å². The Morgan fingerprint density at radius 3 is 2.16 bits per heavy atom. The first-order chi connectivity index (χ1) is 18.0. The SMILES string of the molecule is [2H]N(C(=O)C(C)(C)c1ccc(Cl)cc1)[C@@H](Cc1ccccc1)C(=O)N[C@@H](CCC(=O)OCC)C(=O)OCC. The highest BCUT2D eigenvalue weighted by Gasteiger charge is 2.34. The van der Waals surface area contributed by atoms with E-state index in [9.17, 15) is 19.2 Å². The van der Waals surface area contributed by atoms with Crippen LogP contribution in [0.5, 0.6) is 0 Å². The monoisotopic (exact) mass is 531 g/mol. The fraction of sp³-hybridized carbons (Fsp3) is 0.429. The van der Waals surface area contributed by atoms with Crippen LogP contribution in [0.3, 0.4) is 0 Å². The maximum atomic E-state index is 13.6. The molecule has 2 atom stereocenters. The molecule has 8 nitrogen and oxygen atoms in total. The standard InChI is InChI=1S/C28H35ClN2O6/c1-5-36-24(32)17-16-22(26(34)37-6-2)30-25(33)23(18-19-10-8-7-9-11-19)31-27(35)28(3,4)20-12-14-21(29)15-13-20/h7-15,22-23H,5-6,16-18H2,1-4H3,(H,30,33)(H,31,35)/t22-,23-/m0/s1/i/hD. The van der Waals surface area contributed by atoms with Crippen molar-refractivity contribution in [2.45, 2.75) is 64.5 Å². The lowest BCUT2D eigenvalue weighted by atomic mass is 9.83. The van der Waals surface area contributed by atoms with Gasteiger partial charge in [-0.3, -0.25) is 14.4 Å². The molecule has 0 heterocycles. The smallest absolute Gasteiger partial charge is 0.328 e. The third-order valence-electron chi connectivity index (χ3n) is 5.78. The summed E-state index contributed by atoms with van der Waals surface area (Å²) >= 11 is 5.99. The molecule has 9 heteroatoms. The first-order valence-corrected chi connectivity index (χ1v) is 12.6. The molecule has 0 saturated carbocycles. The van der Waals surface area contributed by atoms with Crippen molar-refractivity contribution in [2.24, 2.45) is 0 Å². The molecule has 0 bridgehead atoms. The Morgan fingerprint density at radius 2 is 1.57 bits per heavy atom. The second kappa shape index (κ2) is 14.4. The van der Waals surface area contributed by atoms with Crippen molar-refractivity contribution in [3.63, 3.8) is 0 Å². The Bertz CT molecular complexity index is 1090. The molecule has 2 aromatic rings. The topological polar surface area (TPSA) is 111 Å². The summed E-state index contributed by atoms with van der Waals surface area (Å²) in [7, 11) is 0. The normalized spacial score (nSPS) is 13.1. The molecule has 0 aliphatic heterocycles. The van der Waals surface area contributed by atoms with Gasteiger partial charge in [-0.2, -0.15) is 0 Å². The third-order valence-corrected chi connectivity index (χ3v) is 6.03. The van der Waals surface area contributed by atoms with Gasteiger partial charge in [-0.1, -0.05) is 54.1 Å². The van der Waals surface area contributed by atoms with Crippen molar-refractivity contribution in [1.82, 2.24) is 10.6 Å². The summed E-state index contributed by atoms with van der Waals surface area (Å²) in [5.41, 5.74) is 0.203. The third kappa shape index (κ3) is 9.21. The predicted octanol–water partition coefficient (Wildman–Crippen LogP) is 3.74. The maximum absolute atomic E-state index is 13.6. The van der Waals surface area contributed by atoms with Crippen LogP contribution in [-0.4, -0.2) is 49.1 Å². The summed E-state index contributed by atoms with van der Waals surface area (Å²) < 4.78 is 18.7. The summed E-state index contributed by atoms with van der Waals surface area (Å²) in [5, 5.41) is 3.77. The van der Waals surface area contributed by atoms with Crippen molar-refractivity contribution in [3.05, 3.63) is 70.7 Å². The number of rotatable bonds is 13. The van der Waals surface area contributed by atoms with E-state index in [-0.39, 0.29) is 32.5 Å². The Kier molecular flexibility index (Phi) is 11.0. The van der Waals surface area contributed by atoms with Crippen molar-refractivity contribution in [1.29, 1.82) is 0 Å². The molecule has 0 spiro atoms.